The van der Waals surface area contributed by atoms with Crippen LogP contribution in [0.3, 0.4) is 0 Å². The summed E-state index contributed by atoms with van der Waals surface area (Å²) >= 11 is 1.68. The van der Waals surface area contributed by atoms with Crippen molar-refractivity contribution < 1.29 is 0 Å². The topological polar surface area (TPSA) is 25.2 Å². The van der Waals surface area contributed by atoms with Gasteiger partial charge >= 0.3 is 0 Å². The molecular formula is C17H22N2S. The highest BCUT2D eigenvalue weighted by molar-refractivity contribution is 7.13. The Balaban J connectivity index is 2.63. The summed E-state index contributed by atoms with van der Waals surface area (Å²) in [5.74, 6) is 0.491. The van der Waals surface area contributed by atoms with Crippen molar-refractivity contribution >= 4 is 22.7 Å². The lowest BCUT2D eigenvalue weighted by atomic mass is 9.96. The summed E-state index contributed by atoms with van der Waals surface area (Å²) < 4.78 is 0. The van der Waals surface area contributed by atoms with Gasteiger partial charge < -0.3 is 0 Å². The van der Waals surface area contributed by atoms with Gasteiger partial charge in [0.05, 0.1) is 5.69 Å². The highest BCUT2D eigenvalue weighted by Crippen LogP contribution is 2.35. The first-order valence-corrected chi connectivity index (χ1v) is 7.99. The van der Waals surface area contributed by atoms with Crippen LogP contribution in [-0.2, 0) is 0 Å². The lowest BCUT2D eigenvalue weighted by molar-refractivity contribution is 0.866. The molecule has 0 N–H and O–H groups in total. The summed E-state index contributed by atoms with van der Waals surface area (Å²) in [6.45, 7) is 10.8. The van der Waals surface area contributed by atoms with Gasteiger partial charge in [0, 0.05) is 22.9 Å². The molecule has 0 aliphatic carbocycles. The van der Waals surface area contributed by atoms with Crippen LogP contribution in [0.15, 0.2) is 28.7 Å². The number of hydrogen-bond acceptors (Lipinski definition) is 3. The molecule has 0 atom stereocenters. The van der Waals surface area contributed by atoms with E-state index in [2.05, 4.69) is 51.7 Å². The van der Waals surface area contributed by atoms with Crippen LogP contribution in [0.2, 0.25) is 0 Å². The quantitative estimate of drug-likeness (QED) is 0.657. The Labute approximate surface area is 125 Å². The largest absolute Gasteiger partial charge is 0.258 e. The first-order chi connectivity index (χ1) is 9.52. The average molecular weight is 286 g/mol. The highest BCUT2D eigenvalue weighted by Gasteiger charge is 2.12. The lowest BCUT2D eigenvalue weighted by Gasteiger charge is -2.13. The monoisotopic (exact) mass is 286 g/mol. The third kappa shape index (κ3) is 3.15. The maximum absolute atomic E-state index is 4.78. The standard InChI is InChI=1S/C17H22N2S/c1-6-12(4)19-16-10-14(11(2)3)9-15(13(16)5)17-18-7-8-20-17/h7-11H,6H2,1-5H3. The maximum Gasteiger partial charge on any atom is 0.123 e. The Bertz CT molecular complexity index is 610. The van der Waals surface area contributed by atoms with E-state index in [9.17, 15) is 0 Å². The number of benzene rings is 1. The smallest absolute Gasteiger partial charge is 0.123 e. The number of rotatable bonds is 4. The Morgan fingerprint density at radius 2 is 2.10 bits per heavy atom. The molecule has 0 saturated carbocycles. The first kappa shape index (κ1) is 14.9. The molecule has 0 aliphatic rings. The van der Waals surface area contributed by atoms with Gasteiger partial charge in [0.15, 0.2) is 0 Å². The normalized spacial score (nSPS) is 12.2. The van der Waals surface area contributed by atoms with Gasteiger partial charge in [-0.1, -0.05) is 20.8 Å². The molecule has 0 radical (unpaired) electrons. The van der Waals surface area contributed by atoms with Crippen molar-refractivity contribution in [3.05, 3.63) is 34.8 Å². The van der Waals surface area contributed by atoms with E-state index in [0.717, 1.165) is 17.1 Å². The third-order valence-corrected chi connectivity index (χ3v) is 4.36. The molecule has 106 valence electrons. The second-order valence-corrected chi connectivity index (χ2v) is 6.30. The van der Waals surface area contributed by atoms with E-state index in [-0.39, 0.29) is 0 Å². The predicted octanol–water partition coefficient (Wildman–Crippen LogP) is 5.74. The summed E-state index contributed by atoms with van der Waals surface area (Å²) in [5, 5.41) is 3.10. The number of thiazole rings is 1. The van der Waals surface area contributed by atoms with Crippen molar-refractivity contribution in [1.82, 2.24) is 4.98 Å². The average Bonchev–Trinajstić information content (AvgIpc) is 2.94. The van der Waals surface area contributed by atoms with Crippen LogP contribution in [0, 0.1) is 6.92 Å². The van der Waals surface area contributed by atoms with Crippen LogP contribution in [0.25, 0.3) is 10.6 Å². The molecule has 0 aliphatic heterocycles. The van der Waals surface area contributed by atoms with Crippen molar-refractivity contribution in [2.24, 2.45) is 4.99 Å². The van der Waals surface area contributed by atoms with Crippen LogP contribution < -0.4 is 0 Å². The Morgan fingerprint density at radius 1 is 1.35 bits per heavy atom. The maximum atomic E-state index is 4.78. The molecular weight excluding hydrogens is 264 g/mol. The van der Waals surface area contributed by atoms with E-state index >= 15 is 0 Å². The minimum atomic E-state index is 0.491. The molecule has 0 bridgehead atoms. The van der Waals surface area contributed by atoms with Gasteiger partial charge in [-0.2, -0.15) is 0 Å². The molecule has 2 aromatic rings. The summed E-state index contributed by atoms with van der Waals surface area (Å²) in [6, 6.07) is 4.48. The zero-order chi connectivity index (χ0) is 14.7. The van der Waals surface area contributed by atoms with Crippen molar-refractivity contribution in [2.45, 2.75) is 47.0 Å². The van der Waals surface area contributed by atoms with E-state index < -0.39 is 0 Å². The first-order valence-electron chi connectivity index (χ1n) is 7.11. The van der Waals surface area contributed by atoms with Crippen molar-refractivity contribution in [3.8, 4) is 10.6 Å². The molecule has 0 unspecified atom stereocenters. The lowest BCUT2D eigenvalue weighted by Crippen LogP contribution is -1.94. The summed E-state index contributed by atoms with van der Waals surface area (Å²) in [7, 11) is 0. The fourth-order valence-electron chi connectivity index (χ4n) is 2.03. The molecule has 0 saturated heterocycles. The highest BCUT2D eigenvalue weighted by atomic mass is 32.1. The Morgan fingerprint density at radius 3 is 2.65 bits per heavy atom. The van der Waals surface area contributed by atoms with Crippen LogP contribution in [0.1, 0.15) is 51.2 Å². The zero-order valence-corrected chi connectivity index (χ0v) is 13.7. The molecule has 3 heteroatoms. The molecule has 0 fully saturated rings. The number of nitrogens with zero attached hydrogens (tertiary/aromatic N) is 2. The molecule has 1 heterocycles. The van der Waals surface area contributed by atoms with Gasteiger partial charge in [-0.05, 0) is 49.4 Å². The van der Waals surface area contributed by atoms with Gasteiger partial charge in [0.25, 0.3) is 0 Å². The van der Waals surface area contributed by atoms with Gasteiger partial charge in [-0.25, -0.2) is 4.98 Å². The van der Waals surface area contributed by atoms with E-state index in [4.69, 9.17) is 4.99 Å². The Hall–Kier alpha value is -1.48. The van der Waals surface area contributed by atoms with E-state index in [1.54, 1.807) is 11.3 Å². The zero-order valence-electron chi connectivity index (χ0n) is 12.9. The number of hydrogen-bond donors (Lipinski definition) is 0. The predicted molar refractivity (Wildman–Crippen MR) is 89.4 cm³/mol. The van der Waals surface area contributed by atoms with Crippen LogP contribution in [-0.4, -0.2) is 10.7 Å². The SMILES string of the molecule is CCC(C)=Nc1cc(C(C)C)cc(-c2nccs2)c1C. The molecule has 0 amide bonds. The molecule has 1 aromatic heterocycles. The summed E-state index contributed by atoms with van der Waals surface area (Å²) in [6.07, 6.45) is 2.85. The molecule has 20 heavy (non-hydrogen) atoms. The third-order valence-electron chi connectivity index (χ3n) is 3.55. The second-order valence-electron chi connectivity index (χ2n) is 5.41. The number of aromatic nitrogens is 1. The molecule has 2 rings (SSSR count). The van der Waals surface area contributed by atoms with Gasteiger partial charge in [0.2, 0.25) is 0 Å². The van der Waals surface area contributed by atoms with Gasteiger partial charge in [-0.3, -0.25) is 4.99 Å². The van der Waals surface area contributed by atoms with Crippen LogP contribution >= 0.6 is 11.3 Å². The Kier molecular flexibility index (Phi) is 4.71. The fourth-order valence-corrected chi connectivity index (χ4v) is 2.74. The summed E-state index contributed by atoms with van der Waals surface area (Å²) in [5.41, 5.74) is 6.01. The van der Waals surface area contributed by atoms with Crippen LogP contribution in [0.4, 0.5) is 5.69 Å². The molecule has 0 spiro atoms. The van der Waals surface area contributed by atoms with Crippen molar-refractivity contribution in [1.29, 1.82) is 0 Å². The number of aliphatic imine (C=N–C) groups is 1. The summed E-state index contributed by atoms with van der Waals surface area (Å²) in [4.78, 5) is 9.24. The van der Waals surface area contributed by atoms with Crippen molar-refractivity contribution in [3.63, 3.8) is 0 Å². The second kappa shape index (κ2) is 6.31. The van der Waals surface area contributed by atoms with E-state index in [0.29, 0.717) is 5.92 Å². The van der Waals surface area contributed by atoms with Gasteiger partial charge in [-0.15, -0.1) is 11.3 Å². The van der Waals surface area contributed by atoms with Crippen LogP contribution in [0.5, 0.6) is 0 Å². The molecule has 1 aromatic carbocycles. The minimum Gasteiger partial charge on any atom is -0.258 e. The van der Waals surface area contributed by atoms with Gasteiger partial charge in [0.1, 0.15) is 5.01 Å². The minimum absolute atomic E-state index is 0.491. The van der Waals surface area contributed by atoms with Crippen molar-refractivity contribution in [2.75, 3.05) is 0 Å². The molecule has 2 nitrogen and oxygen atoms in total. The fraction of sp³-hybridized carbons (Fsp3) is 0.412. The van der Waals surface area contributed by atoms with E-state index in [1.807, 2.05) is 11.6 Å². The van der Waals surface area contributed by atoms with E-state index in [1.165, 1.54) is 22.4 Å².